The van der Waals surface area contributed by atoms with Crippen molar-refractivity contribution in [1.29, 1.82) is 0 Å². The number of carbonyl (C=O) groups is 1. The number of aromatic carboxylic acids is 1. The van der Waals surface area contributed by atoms with Crippen molar-refractivity contribution in [2.75, 3.05) is 11.9 Å². The van der Waals surface area contributed by atoms with Gasteiger partial charge in [-0.15, -0.1) is 0 Å². The van der Waals surface area contributed by atoms with E-state index in [1.807, 2.05) is 43.4 Å². The normalized spacial score (nSPS) is 10.1. The van der Waals surface area contributed by atoms with E-state index >= 15 is 0 Å². The molecule has 0 bridgehead atoms. The first kappa shape index (κ1) is 15.0. The molecule has 108 valence electrons. The molecule has 0 heterocycles. The molecule has 0 aliphatic carbocycles. The summed E-state index contributed by atoms with van der Waals surface area (Å²) in [5.74, 6) is -0.918. The van der Waals surface area contributed by atoms with Crippen molar-refractivity contribution in [2.24, 2.45) is 5.73 Å². The van der Waals surface area contributed by atoms with Crippen LogP contribution in [0.3, 0.4) is 0 Å². The van der Waals surface area contributed by atoms with Crippen LogP contribution in [0.1, 0.15) is 21.5 Å². The lowest BCUT2D eigenvalue weighted by Gasteiger charge is -2.20. The van der Waals surface area contributed by atoms with Crippen LogP contribution in [0.2, 0.25) is 0 Å². The minimum absolute atomic E-state index is 0.289. The van der Waals surface area contributed by atoms with E-state index in [4.69, 9.17) is 23.1 Å². The van der Waals surface area contributed by atoms with Gasteiger partial charge in [0.15, 0.2) is 0 Å². The van der Waals surface area contributed by atoms with Gasteiger partial charge in [0.05, 0.1) is 5.56 Å². The Bertz CT molecular complexity index is 668. The van der Waals surface area contributed by atoms with Gasteiger partial charge in [0.25, 0.3) is 0 Å². The predicted molar refractivity (Wildman–Crippen MR) is 87.8 cm³/mol. The van der Waals surface area contributed by atoms with Crippen molar-refractivity contribution >= 4 is 28.9 Å². The molecule has 0 spiro atoms. The van der Waals surface area contributed by atoms with E-state index in [0.29, 0.717) is 11.5 Å². The molecule has 0 aliphatic rings. The van der Waals surface area contributed by atoms with E-state index in [0.717, 1.165) is 16.8 Å². The highest BCUT2D eigenvalue weighted by atomic mass is 32.1. The highest BCUT2D eigenvalue weighted by Crippen LogP contribution is 2.17. The Labute approximate surface area is 128 Å². The van der Waals surface area contributed by atoms with Gasteiger partial charge in [-0.2, -0.15) is 0 Å². The fraction of sp³-hybridized carbons (Fsp3) is 0.125. The Balaban J connectivity index is 2.13. The summed E-state index contributed by atoms with van der Waals surface area (Å²) < 4.78 is 0. The van der Waals surface area contributed by atoms with Gasteiger partial charge in [-0.1, -0.05) is 36.5 Å². The average Bonchev–Trinajstić information content (AvgIpc) is 2.48. The second kappa shape index (κ2) is 6.37. The highest BCUT2D eigenvalue weighted by Gasteiger charge is 2.06. The number of carboxylic acids is 1. The van der Waals surface area contributed by atoms with Crippen LogP contribution >= 0.6 is 12.2 Å². The van der Waals surface area contributed by atoms with Crippen molar-refractivity contribution in [3.63, 3.8) is 0 Å². The Kier molecular flexibility index (Phi) is 4.55. The van der Waals surface area contributed by atoms with Crippen LogP contribution in [0.4, 0.5) is 5.69 Å². The Hall–Kier alpha value is -2.40. The topological polar surface area (TPSA) is 66.6 Å². The summed E-state index contributed by atoms with van der Waals surface area (Å²) in [7, 11) is 1.96. The highest BCUT2D eigenvalue weighted by molar-refractivity contribution is 7.80. The van der Waals surface area contributed by atoms with Gasteiger partial charge in [-0.25, -0.2) is 4.79 Å². The summed E-state index contributed by atoms with van der Waals surface area (Å²) in [6.45, 7) is 0.667. The largest absolute Gasteiger partial charge is 0.478 e. The van der Waals surface area contributed by atoms with E-state index in [1.54, 1.807) is 12.1 Å². The van der Waals surface area contributed by atoms with Gasteiger partial charge in [0.2, 0.25) is 0 Å². The van der Waals surface area contributed by atoms with Crippen molar-refractivity contribution < 1.29 is 9.90 Å². The Morgan fingerprint density at radius 3 is 2.43 bits per heavy atom. The molecule has 0 unspecified atom stereocenters. The van der Waals surface area contributed by atoms with Crippen LogP contribution in [-0.2, 0) is 6.54 Å². The lowest BCUT2D eigenvalue weighted by atomic mass is 10.1. The number of rotatable bonds is 5. The molecule has 5 heteroatoms. The third-order valence-corrected chi connectivity index (χ3v) is 3.43. The third kappa shape index (κ3) is 3.79. The predicted octanol–water partition coefficient (Wildman–Crippen LogP) is 2.66. The van der Waals surface area contributed by atoms with Crippen LogP contribution in [0, 0.1) is 0 Å². The first-order valence-electron chi connectivity index (χ1n) is 6.40. The summed E-state index contributed by atoms with van der Waals surface area (Å²) in [5, 5.41) is 8.88. The Morgan fingerprint density at radius 2 is 1.86 bits per heavy atom. The molecule has 2 rings (SSSR count). The van der Waals surface area contributed by atoms with Gasteiger partial charge in [-0.3, -0.25) is 0 Å². The van der Waals surface area contributed by atoms with E-state index in [1.165, 1.54) is 0 Å². The number of nitrogens with zero attached hydrogens (tertiary/aromatic N) is 1. The quantitative estimate of drug-likeness (QED) is 0.831. The third-order valence-electron chi connectivity index (χ3n) is 3.19. The average molecular weight is 300 g/mol. The van der Waals surface area contributed by atoms with Gasteiger partial charge in [-0.05, 0) is 29.8 Å². The molecule has 0 fully saturated rings. The molecule has 21 heavy (non-hydrogen) atoms. The second-order valence-corrected chi connectivity index (χ2v) is 5.21. The minimum Gasteiger partial charge on any atom is -0.478 e. The first-order valence-corrected chi connectivity index (χ1v) is 6.81. The molecule has 3 N–H and O–H groups in total. The van der Waals surface area contributed by atoms with Gasteiger partial charge in [0.1, 0.15) is 4.99 Å². The number of carboxylic acid groups (broad SMARTS) is 1. The lowest BCUT2D eigenvalue weighted by molar-refractivity contribution is 0.0697. The van der Waals surface area contributed by atoms with Crippen LogP contribution in [0.5, 0.6) is 0 Å². The maximum absolute atomic E-state index is 10.8. The molecule has 2 aromatic rings. The zero-order valence-corrected chi connectivity index (χ0v) is 12.4. The summed E-state index contributed by atoms with van der Waals surface area (Å²) in [4.78, 5) is 13.2. The molecule has 0 radical (unpaired) electrons. The number of benzene rings is 2. The summed E-state index contributed by atoms with van der Waals surface area (Å²) in [6, 6.07) is 14.6. The van der Waals surface area contributed by atoms with E-state index in [-0.39, 0.29) is 5.56 Å². The maximum Gasteiger partial charge on any atom is 0.335 e. The lowest BCUT2D eigenvalue weighted by Crippen LogP contribution is -2.17. The van der Waals surface area contributed by atoms with Crippen molar-refractivity contribution in [3.05, 3.63) is 65.2 Å². The van der Waals surface area contributed by atoms with Crippen molar-refractivity contribution in [2.45, 2.75) is 6.54 Å². The fourth-order valence-corrected chi connectivity index (χ4v) is 2.14. The van der Waals surface area contributed by atoms with E-state index in [9.17, 15) is 4.79 Å². The zero-order valence-electron chi connectivity index (χ0n) is 11.6. The molecule has 0 aromatic heterocycles. The van der Waals surface area contributed by atoms with E-state index < -0.39 is 5.97 Å². The number of nitrogens with two attached hydrogens (primary N) is 1. The SMILES string of the molecule is CN(Cc1ccc(C(=O)O)cc1)c1cccc(C(N)=S)c1. The molecular formula is C16H16N2O2S. The monoisotopic (exact) mass is 300 g/mol. The van der Waals surface area contributed by atoms with Crippen LogP contribution in [0.25, 0.3) is 0 Å². The van der Waals surface area contributed by atoms with Gasteiger partial charge < -0.3 is 15.7 Å². The smallest absolute Gasteiger partial charge is 0.335 e. The zero-order chi connectivity index (χ0) is 15.4. The Morgan fingerprint density at radius 1 is 1.19 bits per heavy atom. The number of anilines is 1. The van der Waals surface area contributed by atoms with Gasteiger partial charge >= 0.3 is 5.97 Å². The van der Waals surface area contributed by atoms with Crippen molar-refractivity contribution in [3.8, 4) is 0 Å². The number of hydrogen-bond donors (Lipinski definition) is 2. The molecule has 4 nitrogen and oxygen atoms in total. The molecule has 0 saturated carbocycles. The first-order chi connectivity index (χ1) is 9.97. The van der Waals surface area contributed by atoms with Crippen LogP contribution in [-0.4, -0.2) is 23.1 Å². The molecular weight excluding hydrogens is 284 g/mol. The van der Waals surface area contributed by atoms with Crippen LogP contribution in [0.15, 0.2) is 48.5 Å². The second-order valence-electron chi connectivity index (χ2n) is 4.77. The fourth-order valence-electron chi connectivity index (χ4n) is 2.01. The maximum atomic E-state index is 10.8. The van der Waals surface area contributed by atoms with E-state index in [2.05, 4.69) is 4.90 Å². The summed E-state index contributed by atoms with van der Waals surface area (Å²) in [6.07, 6.45) is 0. The summed E-state index contributed by atoms with van der Waals surface area (Å²) in [5.41, 5.74) is 8.79. The molecule has 0 aliphatic heterocycles. The number of hydrogen-bond acceptors (Lipinski definition) is 3. The molecule has 0 amide bonds. The number of thiocarbonyl (C=S) groups is 1. The molecule has 2 aromatic carbocycles. The minimum atomic E-state index is -0.918. The van der Waals surface area contributed by atoms with Crippen LogP contribution < -0.4 is 10.6 Å². The molecule has 0 saturated heterocycles. The summed E-state index contributed by atoms with van der Waals surface area (Å²) >= 11 is 4.98. The molecule has 0 atom stereocenters. The standard InChI is InChI=1S/C16H16N2O2S/c1-18(14-4-2-3-13(9-14)15(17)21)10-11-5-7-12(8-6-11)16(19)20/h2-9H,10H2,1H3,(H2,17,21)(H,19,20). The van der Waals surface area contributed by atoms with Gasteiger partial charge in [0, 0.05) is 24.8 Å². The van der Waals surface area contributed by atoms with Crippen molar-refractivity contribution in [1.82, 2.24) is 0 Å².